The van der Waals surface area contributed by atoms with Gasteiger partial charge in [-0.15, -0.1) is 0 Å². The second-order valence-electron chi connectivity index (χ2n) is 11.6. The van der Waals surface area contributed by atoms with Gasteiger partial charge < -0.3 is 19.7 Å². The minimum absolute atomic E-state index is 0.0407. The number of carbonyl (C=O) groups is 3. The number of hydrogen-bond donors (Lipinski definition) is 1. The van der Waals surface area contributed by atoms with Gasteiger partial charge in [0.05, 0.1) is 11.3 Å². The summed E-state index contributed by atoms with van der Waals surface area (Å²) in [6, 6.07) is 16.0. The molecule has 8 nitrogen and oxygen atoms in total. The number of aromatic amines is 1. The van der Waals surface area contributed by atoms with Crippen LogP contribution in [0.25, 0.3) is 22.2 Å². The maximum Gasteiger partial charge on any atom is 0.256 e. The Hall–Kier alpha value is -3.36. The lowest BCUT2D eigenvalue weighted by molar-refractivity contribution is -0.141. The summed E-state index contributed by atoms with van der Waals surface area (Å²) in [4.78, 5) is 50.5. The molecule has 9 heteroatoms. The fourth-order valence-electron chi connectivity index (χ4n) is 6.80. The van der Waals surface area contributed by atoms with Crippen LogP contribution in [0.15, 0.2) is 48.5 Å². The van der Waals surface area contributed by atoms with Gasteiger partial charge in [-0.05, 0) is 49.4 Å². The maximum absolute atomic E-state index is 13.9. The Kier molecular flexibility index (Phi) is 8.04. The van der Waals surface area contributed by atoms with Gasteiger partial charge in [0.2, 0.25) is 11.8 Å². The maximum atomic E-state index is 13.9. The Labute approximate surface area is 246 Å². The smallest absolute Gasteiger partial charge is 0.256 e. The second kappa shape index (κ2) is 11.9. The highest BCUT2D eigenvalue weighted by Crippen LogP contribution is 2.33. The Morgan fingerprint density at radius 1 is 0.756 bits per heavy atom. The predicted molar refractivity (Wildman–Crippen MR) is 161 cm³/mol. The molecule has 3 aliphatic rings. The Morgan fingerprint density at radius 2 is 1.39 bits per heavy atom. The minimum Gasteiger partial charge on any atom is -0.354 e. The lowest BCUT2D eigenvalue weighted by Gasteiger charge is -2.43. The van der Waals surface area contributed by atoms with Crippen LogP contribution < -0.4 is 0 Å². The van der Waals surface area contributed by atoms with Crippen molar-refractivity contribution >= 4 is 40.2 Å². The Morgan fingerprint density at radius 3 is 2.05 bits per heavy atom. The molecule has 0 radical (unpaired) electrons. The summed E-state index contributed by atoms with van der Waals surface area (Å²) < 4.78 is 0. The first kappa shape index (κ1) is 27.8. The summed E-state index contributed by atoms with van der Waals surface area (Å²) in [6.45, 7) is 7.60. The van der Waals surface area contributed by atoms with Crippen LogP contribution in [0.3, 0.4) is 0 Å². The summed E-state index contributed by atoms with van der Waals surface area (Å²) >= 11 is 6.13. The normalized spacial score (nSPS) is 19.6. The quantitative estimate of drug-likeness (QED) is 0.497. The summed E-state index contributed by atoms with van der Waals surface area (Å²) in [5.41, 5.74) is 3.44. The highest BCUT2D eigenvalue weighted by atomic mass is 35.5. The number of fused-ring (bicyclic) bond motifs is 1. The second-order valence-corrected chi connectivity index (χ2v) is 12.0. The van der Waals surface area contributed by atoms with E-state index in [-0.39, 0.29) is 23.6 Å². The monoisotopic (exact) mass is 575 g/mol. The van der Waals surface area contributed by atoms with Crippen molar-refractivity contribution in [3.05, 3.63) is 59.1 Å². The molecule has 0 atom stereocenters. The van der Waals surface area contributed by atoms with E-state index in [1.807, 2.05) is 63.2 Å². The zero-order valence-electron chi connectivity index (χ0n) is 23.7. The number of piperidine rings is 2. The number of carbonyl (C=O) groups excluding carboxylic acids is 3. The molecule has 3 amide bonds. The van der Waals surface area contributed by atoms with Crippen LogP contribution in [0.5, 0.6) is 0 Å². The molecule has 2 aromatic carbocycles. The van der Waals surface area contributed by atoms with Crippen molar-refractivity contribution in [2.45, 2.75) is 38.6 Å². The van der Waals surface area contributed by atoms with Crippen LogP contribution in [0.4, 0.5) is 0 Å². The lowest BCUT2D eigenvalue weighted by atomic mass is 9.93. The van der Waals surface area contributed by atoms with Crippen LogP contribution in [0.1, 0.15) is 43.0 Å². The number of amides is 3. The van der Waals surface area contributed by atoms with Crippen LogP contribution in [0.2, 0.25) is 5.02 Å². The number of H-pyrrole nitrogens is 1. The molecule has 41 heavy (non-hydrogen) atoms. The first-order chi connectivity index (χ1) is 19.9. The van der Waals surface area contributed by atoms with Crippen LogP contribution in [-0.4, -0.2) is 101 Å². The molecule has 0 aliphatic carbocycles. The van der Waals surface area contributed by atoms with E-state index in [1.54, 1.807) is 6.92 Å². The first-order valence-electron chi connectivity index (χ1n) is 14.8. The van der Waals surface area contributed by atoms with E-state index in [0.717, 1.165) is 79.6 Å². The fraction of sp³-hybridized carbons (Fsp3) is 0.469. The van der Waals surface area contributed by atoms with Crippen molar-refractivity contribution < 1.29 is 14.4 Å². The number of nitrogens with one attached hydrogen (secondary N) is 1. The third-order valence-corrected chi connectivity index (χ3v) is 9.49. The summed E-state index contributed by atoms with van der Waals surface area (Å²) in [5, 5.41) is 1.60. The standard InChI is InChI=1S/C32H38ClN5O3/c1-22(39)35-14-10-24(11-15-35)31(40)37-16-12-26(13-17-37)36-18-20-38(21-19-36)32(41)29-27-4-2-3-5-28(27)34-30(29)23-6-8-25(33)9-7-23/h2-9,24,26,34H,10-21H2,1H3. The molecule has 0 spiro atoms. The van der Waals surface area contributed by atoms with Gasteiger partial charge in [0.25, 0.3) is 5.91 Å². The van der Waals surface area contributed by atoms with Crippen LogP contribution in [-0.2, 0) is 9.59 Å². The van der Waals surface area contributed by atoms with Crippen molar-refractivity contribution in [2.24, 2.45) is 5.92 Å². The predicted octanol–water partition coefficient (Wildman–Crippen LogP) is 4.50. The van der Waals surface area contributed by atoms with Gasteiger partial charge in [-0.25, -0.2) is 0 Å². The average Bonchev–Trinajstić information content (AvgIpc) is 3.40. The molecule has 1 N–H and O–H groups in total. The fourth-order valence-corrected chi connectivity index (χ4v) is 6.92. The summed E-state index contributed by atoms with van der Waals surface area (Å²) in [5.74, 6) is 0.460. The summed E-state index contributed by atoms with van der Waals surface area (Å²) in [7, 11) is 0. The van der Waals surface area contributed by atoms with E-state index in [9.17, 15) is 14.4 Å². The number of para-hydroxylation sites is 1. The molecule has 3 aromatic rings. The average molecular weight is 576 g/mol. The number of hydrogen-bond acceptors (Lipinski definition) is 4. The van der Waals surface area contributed by atoms with Crippen LogP contribution in [0, 0.1) is 5.92 Å². The van der Waals surface area contributed by atoms with Crippen molar-refractivity contribution in [3.8, 4) is 11.3 Å². The Balaban J connectivity index is 1.06. The Bertz CT molecular complexity index is 1410. The number of nitrogens with zero attached hydrogens (tertiary/aromatic N) is 4. The zero-order valence-corrected chi connectivity index (χ0v) is 24.4. The topological polar surface area (TPSA) is 80.0 Å². The SMILES string of the molecule is CC(=O)N1CCC(C(=O)N2CCC(N3CCN(C(=O)c4c(-c5ccc(Cl)cc5)[nH]c5ccccc45)CC3)CC2)CC1. The molecular formula is C32H38ClN5O3. The molecule has 0 bridgehead atoms. The van der Waals surface area contributed by atoms with Crippen molar-refractivity contribution in [1.82, 2.24) is 24.6 Å². The largest absolute Gasteiger partial charge is 0.354 e. The van der Waals surface area contributed by atoms with E-state index in [4.69, 9.17) is 11.6 Å². The highest BCUT2D eigenvalue weighted by molar-refractivity contribution is 6.30. The third-order valence-electron chi connectivity index (χ3n) is 9.24. The van der Waals surface area contributed by atoms with E-state index in [1.165, 1.54) is 0 Å². The highest BCUT2D eigenvalue weighted by Gasteiger charge is 2.34. The van der Waals surface area contributed by atoms with Gasteiger partial charge in [0, 0.05) is 87.2 Å². The molecule has 0 unspecified atom stereocenters. The van der Waals surface area contributed by atoms with E-state index in [2.05, 4.69) is 9.88 Å². The van der Waals surface area contributed by atoms with Gasteiger partial charge in [0.1, 0.15) is 0 Å². The molecule has 1 aromatic heterocycles. The number of aromatic nitrogens is 1. The van der Waals surface area contributed by atoms with Crippen molar-refractivity contribution in [1.29, 1.82) is 0 Å². The molecule has 4 heterocycles. The molecular weight excluding hydrogens is 538 g/mol. The third kappa shape index (κ3) is 5.72. The molecule has 3 saturated heterocycles. The van der Waals surface area contributed by atoms with E-state index < -0.39 is 0 Å². The van der Waals surface area contributed by atoms with Gasteiger partial charge in [-0.1, -0.05) is 41.9 Å². The number of piperazine rings is 1. The van der Waals surface area contributed by atoms with Gasteiger partial charge in [-0.3, -0.25) is 19.3 Å². The van der Waals surface area contributed by atoms with E-state index >= 15 is 0 Å². The zero-order chi connectivity index (χ0) is 28.5. The van der Waals surface area contributed by atoms with E-state index in [0.29, 0.717) is 37.2 Å². The van der Waals surface area contributed by atoms with Crippen molar-refractivity contribution in [2.75, 3.05) is 52.4 Å². The van der Waals surface area contributed by atoms with Crippen molar-refractivity contribution in [3.63, 3.8) is 0 Å². The number of rotatable bonds is 4. The molecule has 3 fully saturated rings. The molecule has 0 saturated carbocycles. The van der Waals surface area contributed by atoms with Gasteiger partial charge in [0.15, 0.2) is 0 Å². The first-order valence-corrected chi connectivity index (χ1v) is 15.2. The molecule has 6 rings (SSSR count). The number of likely N-dealkylation sites (tertiary alicyclic amines) is 2. The number of halogens is 1. The van der Waals surface area contributed by atoms with Gasteiger partial charge in [-0.2, -0.15) is 0 Å². The molecule has 3 aliphatic heterocycles. The summed E-state index contributed by atoms with van der Waals surface area (Å²) in [6.07, 6.45) is 3.47. The van der Waals surface area contributed by atoms with Crippen LogP contribution >= 0.6 is 11.6 Å². The number of benzene rings is 2. The lowest BCUT2D eigenvalue weighted by Crippen LogP contribution is -2.55. The van der Waals surface area contributed by atoms with Gasteiger partial charge >= 0.3 is 0 Å². The minimum atomic E-state index is 0.0407. The molecule has 216 valence electrons.